The maximum atomic E-state index is 12.3. The molecule has 1 aliphatic carbocycles. The number of hydrogen-bond donors (Lipinski definition) is 2. The number of amides is 1. The molecule has 1 saturated heterocycles. The highest BCUT2D eigenvalue weighted by atomic mass is 16.2. The van der Waals surface area contributed by atoms with E-state index in [0.29, 0.717) is 12.0 Å². The number of carbonyl (C=O) groups is 1. The first-order chi connectivity index (χ1) is 8.54. The Hall–Kier alpha value is -0.570. The monoisotopic (exact) mass is 252 g/mol. The minimum atomic E-state index is 0.0429. The van der Waals surface area contributed by atoms with Crippen molar-refractivity contribution in [3.05, 3.63) is 0 Å². The molecule has 18 heavy (non-hydrogen) atoms. The van der Waals surface area contributed by atoms with Crippen LogP contribution >= 0.6 is 0 Å². The maximum Gasteiger partial charge on any atom is 0.237 e. The highest BCUT2D eigenvalue weighted by Crippen LogP contribution is 2.28. The van der Waals surface area contributed by atoms with E-state index in [1.54, 1.807) is 0 Å². The molecule has 1 heterocycles. The molecular weight excluding hydrogens is 224 g/mol. The molecule has 0 aromatic rings. The molecule has 2 N–H and O–H groups in total. The molecule has 0 spiro atoms. The van der Waals surface area contributed by atoms with Crippen molar-refractivity contribution < 1.29 is 4.79 Å². The summed E-state index contributed by atoms with van der Waals surface area (Å²) in [5.41, 5.74) is 0. The number of hydrogen-bond acceptors (Lipinski definition) is 2. The normalized spacial score (nSPS) is 41.4. The third-order valence-corrected chi connectivity index (χ3v) is 4.51. The van der Waals surface area contributed by atoms with Crippen molar-refractivity contribution in [2.24, 2.45) is 17.8 Å². The number of nitrogens with one attached hydrogen (secondary N) is 2. The van der Waals surface area contributed by atoms with Crippen LogP contribution in [0.15, 0.2) is 0 Å². The average molecular weight is 252 g/mol. The van der Waals surface area contributed by atoms with Crippen molar-refractivity contribution in [2.75, 3.05) is 6.54 Å². The Kier molecular flexibility index (Phi) is 4.66. The summed E-state index contributed by atoms with van der Waals surface area (Å²) in [6, 6.07) is 0.441. The lowest BCUT2D eigenvalue weighted by Gasteiger charge is -2.34. The molecule has 4 atom stereocenters. The Balaban J connectivity index is 1.83. The Bertz CT molecular complexity index is 282. The second kappa shape index (κ2) is 6.05. The molecule has 3 nitrogen and oxygen atoms in total. The standard InChI is InChI=1S/C15H28N2O/c1-10-4-5-16-14(9-10)15(18)17-13-7-11(2)6-12(3)8-13/h10-14,16H,4-9H2,1-3H3,(H,17,18). The van der Waals surface area contributed by atoms with E-state index in [9.17, 15) is 4.79 Å². The van der Waals surface area contributed by atoms with Crippen molar-refractivity contribution >= 4 is 5.91 Å². The highest BCUT2D eigenvalue weighted by molar-refractivity contribution is 5.82. The van der Waals surface area contributed by atoms with Gasteiger partial charge in [-0.3, -0.25) is 4.79 Å². The summed E-state index contributed by atoms with van der Waals surface area (Å²) >= 11 is 0. The summed E-state index contributed by atoms with van der Waals surface area (Å²) in [7, 11) is 0. The fraction of sp³-hybridized carbons (Fsp3) is 0.933. The largest absolute Gasteiger partial charge is 0.352 e. The van der Waals surface area contributed by atoms with Crippen LogP contribution in [0.25, 0.3) is 0 Å². The van der Waals surface area contributed by atoms with Crippen molar-refractivity contribution in [1.82, 2.24) is 10.6 Å². The molecule has 2 aliphatic rings. The molecule has 1 saturated carbocycles. The van der Waals surface area contributed by atoms with Crippen molar-refractivity contribution in [2.45, 2.75) is 65.0 Å². The van der Waals surface area contributed by atoms with Crippen LogP contribution in [0.2, 0.25) is 0 Å². The lowest BCUT2D eigenvalue weighted by Crippen LogP contribution is -2.52. The number of carbonyl (C=O) groups excluding carboxylic acids is 1. The van der Waals surface area contributed by atoms with Gasteiger partial charge in [0, 0.05) is 6.04 Å². The number of rotatable bonds is 2. The van der Waals surface area contributed by atoms with Crippen LogP contribution in [0, 0.1) is 17.8 Å². The van der Waals surface area contributed by atoms with E-state index < -0.39 is 0 Å². The first-order valence-electron chi connectivity index (χ1n) is 7.58. The van der Waals surface area contributed by atoms with Crippen LogP contribution in [0.5, 0.6) is 0 Å². The second-order valence-electron chi connectivity index (χ2n) is 6.76. The number of piperidine rings is 1. The van der Waals surface area contributed by atoms with E-state index in [1.165, 1.54) is 12.8 Å². The molecule has 3 heteroatoms. The summed E-state index contributed by atoms with van der Waals surface area (Å²) in [6.45, 7) is 7.83. The van der Waals surface area contributed by atoms with E-state index in [2.05, 4.69) is 31.4 Å². The van der Waals surface area contributed by atoms with E-state index in [4.69, 9.17) is 0 Å². The lowest BCUT2D eigenvalue weighted by atomic mass is 9.80. The van der Waals surface area contributed by atoms with E-state index >= 15 is 0 Å². The first-order valence-corrected chi connectivity index (χ1v) is 7.58. The Morgan fingerprint density at radius 1 is 1.00 bits per heavy atom. The van der Waals surface area contributed by atoms with Crippen LogP contribution < -0.4 is 10.6 Å². The summed E-state index contributed by atoms with van der Waals surface area (Å²) in [6.07, 6.45) is 5.80. The van der Waals surface area contributed by atoms with Crippen LogP contribution in [0.3, 0.4) is 0 Å². The predicted octanol–water partition coefficient (Wildman–Crippen LogP) is 2.32. The molecule has 0 aromatic carbocycles. The van der Waals surface area contributed by atoms with Gasteiger partial charge < -0.3 is 10.6 Å². The molecule has 1 aliphatic heterocycles. The highest BCUT2D eigenvalue weighted by Gasteiger charge is 2.29. The third-order valence-electron chi connectivity index (χ3n) is 4.51. The third kappa shape index (κ3) is 3.71. The van der Waals surface area contributed by atoms with Crippen molar-refractivity contribution in [3.8, 4) is 0 Å². The summed E-state index contributed by atoms with van der Waals surface area (Å²) in [5.74, 6) is 2.40. The zero-order valence-corrected chi connectivity index (χ0v) is 12.0. The van der Waals surface area contributed by atoms with Crippen LogP contribution in [0.1, 0.15) is 52.9 Å². The molecule has 4 unspecified atom stereocenters. The first kappa shape index (κ1) is 13.9. The van der Waals surface area contributed by atoms with E-state index in [1.807, 2.05) is 0 Å². The molecule has 104 valence electrons. The Morgan fingerprint density at radius 2 is 1.67 bits per heavy atom. The van der Waals surface area contributed by atoms with Gasteiger partial charge in [-0.15, -0.1) is 0 Å². The summed E-state index contributed by atoms with van der Waals surface area (Å²) < 4.78 is 0. The van der Waals surface area contributed by atoms with Gasteiger partial charge in [-0.1, -0.05) is 20.8 Å². The minimum absolute atomic E-state index is 0.0429. The average Bonchev–Trinajstić information content (AvgIpc) is 2.27. The smallest absolute Gasteiger partial charge is 0.237 e. The SMILES string of the molecule is CC1CC(C)CC(NC(=O)C2CC(C)CCN2)C1. The van der Waals surface area contributed by atoms with Crippen LogP contribution in [-0.2, 0) is 4.79 Å². The second-order valence-corrected chi connectivity index (χ2v) is 6.76. The molecule has 0 radical (unpaired) electrons. The Morgan fingerprint density at radius 3 is 2.28 bits per heavy atom. The Labute approximate surface area is 111 Å². The fourth-order valence-electron chi connectivity index (χ4n) is 3.67. The molecular formula is C15H28N2O. The summed E-state index contributed by atoms with van der Waals surface area (Å²) in [4.78, 5) is 12.3. The maximum absolute atomic E-state index is 12.3. The minimum Gasteiger partial charge on any atom is -0.352 e. The van der Waals surface area contributed by atoms with Crippen LogP contribution in [-0.4, -0.2) is 24.5 Å². The van der Waals surface area contributed by atoms with Crippen molar-refractivity contribution in [3.63, 3.8) is 0 Å². The topological polar surface area (TPSA) is 41.1 Å². The molecule has 2 fully saturated rings. The van der Waals surface area contributed by atoms with Gasteiger partial charge in [-0.2, -0.15) is 0 Å². The van der Waals surface area contributed by atoms with E-state index in [0.717, 1.165) is 37.6 Å². The van der Waals surface area contributed by atoms with Crippen molar-refractivity contribution in [1.29, 1.82) is 0 Å². The fourth-order valence-corrected chi connectivity index (χ4v) is 3.67. The van der Waals surface area contributed by atoms with Gasteiger partial charge in [0.15, 0.2) is 0 Å². The van der Waals surface area contributed by atoms with Gasteiger partial charge in [-0.25, -0.2) is 0 Å². The molecule has 0 bridgehead atoms. The quantitative estimate of drug-likeness (QED) is 0.792. The zero-order chi connectivity index (χ0) is 13.1. The molecule has 1 amide bonds. The van der Waals surface area contributed by atoms with Gasteiger partial charge in [-0.05, 0) is 56.4 Å². The van der Waals surface area contributed by atoms with Gasteiger partial charge in [0.1, 0.15) is 0 Å². The summed E-state index contributed by atoms with van der Waals surface area (Å²) in [5, 5.41) is 6.62. The van der Waals surface area contributed by atoms with Gasteiger partial charge in [0.2, 0.25) is 5.91 Å². The van der Waals surface area contributed by atoms with Crippen LogP contribution in [0.4, 0.5) is 0 Å². The van der Waals surface area contributed by atoms with Gasteiger partial charge >= 0.3 is 0 Å². The van der Waals surface area contributed by atoms with E-state index in [-0.39, 0.29) is 11.9 Å². The molecule has 0 aromatic heterocycles. The zero-order valence-electron chi connectivity index (χ0n) is 12.0. The van der Waals surface area contributed by atoms with Gasteiger partial charge in [0.25, 0.3) is 0 Å². The van der Waals surface area contributed by atoms with Gasteiger partial charge in [0.05, 0.1) is 6.04 Å². The predicted molar refractivity (Wildman–Crippen MR) is 74.3 cm³/mol. The lowest BCUT2D eigenvalue weighted by molar-refractivity contribution is -0.125. The molecule has 2 rings (SSSR count).